The topological polar surface area (TPSA) is 87.3 Å². The lowest BCUT2D eigenvalue weighted by Crippen LogP contribution is -2.65. The van der Waals surface area contributed by atoms with Crippen molar-refractivity contribution in [2.45, 2.75) is 56.6 Å². The van der Waals surface area contributed by atoms with Crippen LogP contribution in [0.5, 0.6) is 0 Å². The van der Waals surface area contributed by atoms with E-state index in [4.69, 9.17) is 4.74 Å². The van der Waals surface area contributed by atoms with Gasteiger partial charge in [0, 0.05) is 25.3 Å². The molecular weight excluding hydrogens is 332 g/mol. The second-order valence-electron chi connectivity index (χ2n) is 8.75. The van der Waals surface area contributed by atoms with Gasteiger partial charge in [0.2, 0.25) is 5.91 Å². The standard InChI is InChI=1S/C19H26N4O3/c24-16(14-10-20-21-11-14)22-15-1-3-19(4-2-15)12-23(5-6-26-19)17(25)18-7-13(8-18)9-18/h10-11,13,15H,1-9,12H2,(H,20,21)(H,22,24). The maximum Gasteiger partial charge on any atom is 0.254 e. The fourth-order valence-electron chi connectivity index (χ4n) is 5.33. The van der Waals surface area contributed by atoms with Crippen molar-refractivity contribution in [3.05, 3.63) is 18.0 Å². The van der Waals surface area contributed by atoms with Crippen LogP contribution in [-0.2, 0) is 9.53 Å². The summed E-state index contributed by atoms with van der Waals surface area (Å²) in [6, 6.07) is 0.162. The molecule has 7 nitrogen and oxygen atoms in total. The summed E-state index contributed by atoms with van der Waals surface area (Å²) in [5, 5.41) is 9.58. The molecule has 0 atom stereocenters. The van der Waals surface area contributed by atoms with Crippen molar-refractivity contribution in [2.24, 2.45) is 11.3 Å². The Labute approximate surface area is 152 Å². The maximum atomic E-state index is 12.9. The number of hydrogen-bond acceptors (Lipinski definition) is 4. The van der Waals surface area contributed by atoms with Crippen LogP contribution < -0.4 is 5.32 Å². The van der Waals surface area contributed by atoms with Gasteiger partial charge in [-0.05, 0) is 50.9 Å². The zero-order valence-corrected chi connectivity index (χ0v) is 15.0. The summed E-state index contributed by atoms with van der Waals surface area (Å²) in [5.74, 6) is 1.12. The summed E-state index contributed by atoms with van der Waals surface area (Å²) in [4.78, 5) is 27.2. The highest BCUT2D eigenvalue weighted by molar-refractivity contribution is 5.93. The normalized spacial score (nSPS) is 38.4. The van der Waals surface area contributed by atoms with Gasteiger partial charge in [0.1, 0.15) is 0 Å². The minimum atomic E-state index is -0.214. The van der Waals surface area contributed by atoms with Crippen LogP contribution in [0.2, 0.25) is 0 Å². The van der Waals surface area contributed by atoms with Crippen molar-refractivity contribution in [1.82, 2.24) is 20.4 Å². The van der Waals surface area contributed by atoms with Gasteiger partial charge in [0.05, 0.1) is 29.4 Å². The molecule has 5 fully saturated rings. The number of aromatic amines is 1. The molecule has 1 aromatic rings. The van der Waals surface area contributed by atoms with E-state index < -0.39 is 0 Å². The van der Waals surface area contributed by atoms with E-state index >= 15 is 0 Å². The third-order valence-electron chi connectivity index (χ3n) is 7.02. The second kappa shape index (κ2) is 5.81. The summed E-state index contributed by atoms with van der Waals surface area (Å²) in [7, 11) is 0. The molecule has 4 saturated carbocycles. The highest BCUT2D eigenvalue weighted by Crippen LogP contribution is 2.65. The van der Waals surface area contributed by atoms with Gasteiger partial charge in [-0.2, -0.15) is 5.10 Å². The van der Waals surface area contributed by atoms with Crippen LogP contribution in [0.25, 0.3) is 0 Å². The zero-order valence-electron chi connectivity index (χ0n) is 15.0. The summed E-state index contributed by atoms with van der Waals surface area (Å²) >= 11 is 0. The van der Waals surface area contributed by atoms with Gasteiger partial charge < -0.3 is 15.0 Å². The lowest BCUT2D eigenvalue weighted by Gasteiger charge is -2.62. The molecule has 4 aliphatic carbocycles. The van der Waals surface area contributed by atoms with Gasteiger partial charge in [0.25, 0.3) is 5.91 Å². The predicted octanol–water partition coefficient (Wildman–Crippen LogP) is 1.48. The molecule has 1 saturated heterocycles. The first kappa shape index (κ1) is 16.3. The Hall–Kier alpha value is -1.89. The van der Waals surface area contributed by atoms with Crippen molar-refractivity contribution in [2.75, 3.05) is 19.7 Å². The van der Waals surface area contributed by atoms with Crippen molar-refractivity contribution in [3.63, 3.8) is 0 Å². The molecule has 2 bridgehead atoms. The Morgan fingerprint density at radius 2 is 2.04 bits per heavy atom. The maximum absolute atomic E-state index is 12.9. The number of amides is 2. The lowest BCUT2D eigenvalue weighted by atomic mass is 9.44. The van der Waals surface area contributed by atoms with Crippen LogP contribution >= 0.6 is 0 Å². The van der Waals surface area contributed by atoms with Gasteiger partial charge in [-0.15, -0.1) is 0 Å². The molecule has 2 heterocycles. The number of ether oxygens (including phenoxy) is 1. The van der Waals surface area contributed by atoms with Gasteiger partial charge in [-0.1, -0.05) is 0 Å². The van der Waals surface area contributed by atoms with Crippen LogP contribution in [0.15, 0.2) is 12.4 Å². The van der Waals surface area contributed by atoms with Crippen LogP contribution in [-0.4, -0.2) is 58.3 Å². The lowest BCUT2D eigenvalue weighted by molar-refractivity contribution is -0.192. The Morgan fingerprint density at radius 3 is 2.65 bits per heavy atom. The van der Waals surface area contributed by atoms with E-state index in [-0.39, 0.29) is 23.0 Å². The molecule has 7 heteroatoms. The van der Waals surface area contributed by atoms with E-state index in [0.717, 1.165) is 64.0 Å². The third-order valence-corrected chi connectivity index (χ3v) is 7.02. The van der Waals surface area contributed by atoms with Crippen molar-refractivity contribution < 1.29 is 14.3 Å². The molecule has 26 heavy (non-hydrogen) atoms. The molecule has 1 spiro atoms. The largest absolute Gasteiger partial charge is 0.371 e. The first-order valence-corrected chi connectivity index (χ1v) is 9.81. The van der Waals surface area contributed by atoms with E-state index in [1.165, 1.54) is 6.20 Å². The zero-order chi connectivity index (χ0) is 17.8. The number of nitrogens with one attached hydrogen (secondary N) is 2. The molecule has 1 aromatic heterocycles. The molecule has 0 unspecified atom stereocenters. The molecule has 1 aliphatic heterocycles. The summed E-state index contributed by atoms with van der Waals surface area (Å²) in [5.41, 5.74) is 0.349. The van der Waals surface area contributed by atoms with E-state index in [1.54, 1.807) is 6.20 Å². The predicted molar refractivity (Wildman–Crippen MR) is 93.3 cm³/mol. The van der Waals surface area contributed by atoms with Gasteiger partial charge in [-0.25, -0.2) is 0 Å². The highest BCUT2D eigenvalue weighted by atomic mass is 16.5. The number of morpholine rings is 1. The second-order valence-corrected chi connectivity index (χ2v) is 8.75. The molecule has 140 valence electrons. The number of carbonyl (C=O) groups is 2. The summed E-state index contributed by atoms with van der Waals surface area (Å²) in [6.45, 7) is 2.09. The number of aromatic nitrogens is 2. The summed E-state index contributed by atoms with van der Waals surface area (Å²) in [6.07, 6.45) is 10.0. The van der Waals surface area contributed by atoms with Crippen LogP contribution in [0.3, 0.4) is 0 Å². The fraction of sp³-hybridized carbons (Fsp3) is 0.737. The average Bonchev–Trinajstić information content (AvgIpc) is 3.09. The van der Waals surface area contributed by atoms with E-state index in [2.05, 4.69) is 20.4 Å². The fourth-order valence-corrected chi connectivity index (χ4v) is 5.33. The van der Waals surface area contributed by atoms with Crippen LogP contribution in [0.4, 0.5) is 0 Å². The molecule has 2 N–H and O–H groups in total. The van der Waals surface area contributed by atoms with Crippen molar-refractivity contribution >= 4 is 11.8 Å². The number of nitrogens with zero attached hydrogens (tertiary/aromatic N) is 2. The Morgan fingerprint density at radius 1 is 1.27 bits per heavy atom. The van der Waals surface area contributed by atoms with Crippen LogP contribution in [0, 0.1) is 11.3 Å². The van der Waals surface area contributed by atoms with Gasteiger partial charge in [0.15, 0.2) is 0 Å². The first-order chi connectivity index (χ1) is 12.6. The van der Waals surface area contributed by atoms with E-state index in [9.17, 15) is 9.59 Å². The SMILES string of the molecule is O=C(NC1CCC2(CC1)CN(C(=O)C13CC(C1)C3)CCO2)c1cn[nH]c1. The highest BCUT2D eigenvalue weighted by Gasteiger charge is 2.62. The first-order valence-electron chi connectivity index (χ1n) is 9.81. The number of rotatable bonds is 3. The molecule has 0 radical (unpaired) electrons. The van der Waals surface area contributed by atoms with Gasteiger partial charge in [-0.3, -0.25) is 14.7 Å². The number of hydrogen-bond donors (Lipinski definition) is 2. The quantitative estimate of drug-likeness (QED) is 0.857. The van der Waals surface area contributed by atoms with E-state index in [0.29, 0.717) is 18.1 Å². The third kappa shape index (κ3) is 2.55. The Bertz CT molecular complexity index is 691. The smallest absolute Gasteiger partial charge is 0.254 e. The van der Waals surface area contributed by atoms with E-state index in [1.807, 2.05) is 0 Å². The monoisotopic (exact) mass is 358 g/mol. The molecular formula is C19H26N4O3. The molecule has 0 aromatic carbocycles. The van der Waals surface area contributed by atoms with Crippen LogP contribution in [0.1, 0.15) is 55.3 Å². The van der Waals surface area contributed by atoms with Gasteiger partial charge >= 0.3 is 0 Å². The summed E-state index contributed by atoms with van der Waals surface area (Å²) < 4.78 is 6.17. The number of H-pyrrole nitrogens is 1. The minimum absolute atomic E-state index is 0.00102. The molecule has 6 rings (SSSR count). The Kier molecular flexibility index (Phi) is 3.64. The van der Waals surface area contributed by atoms with Crippen molar-refractivity contribution in [1.29, 1.82) is 0 Å². The average molecular weight is 358 g/mol. The Balaban J connectivity index is 1.17. The molecule has 2 amide bonds. The number of carbonyl (C=O) groups excluding carboxylic acids is 2. The minimum Gasteiger partial charge on any atom is -0.371 e. The molecule has 5 aliphatic rings. The van der Waals surface area contributed by atoms with Crippen molar-refractivity contribution in [3.8, 4) is 0 Å².